The van der Waals surface area contributed by atoms with Crippen LogP contribution in [0.4, 0.5) is 0 Å². The maximum atomic E-state index is 6.81. The van der Waals surface area contributed by atoms with Gasteiger partial charge in [-0.2, -0.15) is 0 Å². The van der Waals surface area contributed by atoms with Gasteiger partial charge in [-0.15, -0.1) is 0 Å². The SMILES string of the molecule is C[C@H](CCCN)C1CCC2C3C(OCCCN)CC4CC(OCCCN)CCC4(C)C3CC(I)C21C. The smallest absolute Gasteiger partial charge is 0.0611 e. The van der Waals surface area contributed by atoms with Gasteiger partial charge in [0.15, 0.2) is 0 Å². The summed E-state index contributed by atoms with van der Waals surface area (Å²) in [5, 5.41) is 0. The molecule has 0 aliphatic heterocycles. The molecule has 6 heteroatoms. The Balaban J connectivity index is 1.58. The second-order valence-corrected chi connectivity index (χ2v) is 14.9. The molecular weight excluding hydrogens is 561 g/mol. The first-order chi connectivity index (χ1) is 17.3. The van der Waals surface area contributed by atoms with Crippen LogP contribution >= 0.6 is 22.6 Å². The lowest BCUT2D eigenvalue weighted by atomic mass is 9.43. The fourth-order valence-corrected chi connectivity index (χ4v) is 11.1. The normalized spacial score (nSPS) is 45.1. The van der Waals surface area contributed by atoms with E-state index in [1.165, 1.54) is 51.4 Å². The molecule has 210 valence electrons. The van der Waals surface area contributed by atoms with Crippen molar-refractivity contribution in [1.29, 1.82) is 0 Å². The van der Waals surface area contributed by atoms with Crippen molar-refractivity contribution in [3.05, 3.63) is 0 Å². The predicted octanol–water partition coefficient (Wildman–Crippen LogP) is 5.51. The molecule has 4 aliphatic rings. The third-order valence-electron chi connectivity index (χ3n) is 11.7. The second-order valence-electron chi connectivity index (χ2n) is 13.4. The zero-order valence-electron chi connectivity index (χ0n) is 23.4. The first-order valence-electron chi connectivity index (χ1n) is 15.3. The molecule has 4 aliphatic carbocycles. The fraction of sp³-hybridized carbons (Fsp3) is 1.00. The summed E-state index contributed by atoms with van der Waals surface area (Å²) < 4.78 is 13.9. The van der Waals surface area contributed by atoms with Gasteiger partial charge >= 0.3 is 0 Å². The van der Waals surface area contributed by atoms with Crippen LogP contribution in [0.25, 0.3) is 0 Å². The summed E-state index contributed by atoms with van der Waals surface area (Å²) in [6.45, 7) is 11.7. The lowest BCUT2D eigenvalue weighted by Crippen LogP contribution is -2.62. The van der Waals surface area contributed by atoms with Gasteiger partial charge in [0.2, 0.25) is 0 Å². The first-order valence-corrected chi connectivity index (χ1v) is 16.5. The molecular formula is C30H56IN3O2. The highest BCUT2D eigenvalue weighted by Gasteiger charge is 2.65. The standard InChI is InChI=1S/C30H56IN3O2/c1-20(7-4-12-32)23-8-9-24-28-25(19-27(31)30(23,24)3)29(2)11-10-22(35-15-5-13-33)17-21(29)18-26(28)36-16-6-14-34/h20-28H,4-19,32-34H2,1-3H3/t20-,21?,22?,23?,24?,25?,26?,27?,28?,29?,30?/m1/s1. The summed E-state index contributed by atoms with van der Waals surface area (Å²) in [6, 6.07) is 0. The molecule has 36 heavy (non-hydrogen) atoms. The van der Waals surface area contributed by atoms with Crippen LogP contribution in [0.5, 0.6) is 0 Å². The number of hydrogen-bond donors (Lipinski definition) is 3. The Bertz CT molecular complexity index is 697. The second kappa shape index (κ2) is 12.8. The third-order valence-corrected chi connectivity index (χ3v) is 13.5. The molecule has 0 heterocycles. The fourth-order valence-electron chi connectivity index (χ4n) is 9.66. The molecule has 0 aromatic heterocycles. The summed E-state index contributed by atoms with van der Waals surface area (Å²) in [5.41, 5.74) is 18.3. The van der Waals surface area contributed by atoms with Gasteiger partial charge in [-0.25, -0.2) is 0 Å². The van der Waals surface area contributed by atoms with E-state index in [1.807, 2.05) is 0 Å². The molecule has 0 aromatic carbocycles. The molecule has 4 saturated carbocycles. The largest absolute Gasteiger partial charge is 0.378 e. The van der Waals surface area contributed by atoms with E-state index < -0.39 is 0 Å². The van der Waals surface area contributed by atoms with E-state index >= 15 is 0 Å². The molecule has 10 unspecified atom stereocenters. The minimum Gasteiger partial charge on any atom is -0.378 e. The topological polar surface area (TPSA) is 96.5 Å². The minimum absolute atomic E-state index is 0.383. The van der Waals surface area contributed by atoms with Gasteiger partial charge < -0.3 is 26.7 Å². The van der Waals surface area contributed by atoms with E-state index in [0.717, 1.165) is 79.7 Å². The van der Waals surface area contributed by atoms with Crippen molar-refractivity contribution in [1.82, 2.24) is 0 Å². The Hall–Kier alpha value is 0.530. The van der Waals surface area contributed by atoms with Crippen LogP contribution in [0.1, 0.15) is 91.4 Å². The van der Waals surface area contributed by atoms with Crippen molar-refractivity contribution < 1.29 is 9.47 Å². The van der Waals surface area contributed by atoms with E-state index in [0.29, 0.717) is 34.9 Å². The molecule has 0 aromatic rings. The summed E-state index contributed by atoms with van der Waals surface area (Å²) in [6.07, 6.45) is 14.2. The van der Waals surface area contributed by atoms with Gasteiger partial charge in [0.05, 0.1) is 12.2 Å². The molecule has 0 bridgehead atoms. The lowest BCUT2D eigenvalue weighted by Gasteiger charge is -2.64. The van der Waals surface area contributed by atoms with Crippen molar-refractivity contribution in [2.75, 3.05) is 32.8 Å². The molecule has 4 fully saturated rings. The Morgan fingerprint density at radius 1 is 0.861 bits per heavy atom. The zero-order chi connectivity index (χ0) is 25.9. The quantitative estimate of drug-likeness (QED) is 0.153. The minimum atomic E-state index is 0.383. The number of ether oxygens (including phenoxy) is 2. The number of alkyl halides is 1. The average Bonchev–Trinajstić information content (AvgIpc) is 3.22. The highest BCUT2D eigenvalue weighted by atomic mass is 127. The molecule has 11 atom stereocenters. The van der Waals surface area contributed by atoms with E-state index in [4.69, 9.17) is 26.7 Å². The van der Waals surface area contributed by atoms with E-state index in [2.05, 4.69) is 43.4 Å². The van der Waals surface area contributed by atoms with Crippen LogP contribution in [0.2, 0.25) is 0 Å². The Labute approximate surface area is 235 Å². The molecule has 0 saturated heterocycles. The summed E-state index contributed by atoms with van der Waals surface area (Å²) in [7, 11) is 0. The third kappa shape index (κ3) is 5.56. The molecule has 0 amide bonds. The predicted molar refractivity (Wildman–Crippen MR) is 158 cm³/mol. The van der Waals surface area contributed by atoms with Gasteiger partial charge in [0, 0.05) is 17.1 Å². The first kappa shape index (κ1) is 29.5. The Morgan fingerprint density at radius 2 is 1.56 bits per heavy atom. The van der Waals surface area contributed by atoms with Crippen LogP contribution in [0, 0.1) is 46.3 Å². The molecule has 5 nitrogen and oxygen atoms in total. The van der Waals surface area contributed by atoms with Crippen molar-refractivity contribution in [2.45, 2.75) is 108 Å². The van der Waals surface area contributed by atoms with Crippen LogP contribution in [-0.4, -0.2) is 49.0 Å². The van der Waals surface area contributed by atoms with Crippen LogP contribution < -0.4 is 17.2 Å². The Morgan fingerprint density at radius 3 is 2.25 bits per heavy atom. The van der Waals surface area contributed by atoms with Crippen molar-refractivity contribution in [3.8, 4) is 0 Å². The van der Waals surface area contributed by atoms with Gasteiger partial charge in [0.1, 0.15) is 0 Å². The average molecular weight is 618 g/mol. The van der Waals surface area contributed by atoms with Gasteiger partial charge in [0.25, 0.3) is 0 Å². The number of fused-ring (bicyclic) bond motifs is 5. The number of hydrogen-bond acceptors (Lipinski definition) is 5. The van der Waals surface area contributed by atoms with E-state index in [9.17, 15) is 0 Å². The Kier molecular flexibility index (Phi) is 10.5. The number of rotatable bonds is 12. The summed E-state index contributed by atoms with van der Waals surface area (Å²) >= 11 is 2.89. The maximum Gasteiger partial charge on any atom is 0.0611 e. The molecule has 6 N–H and O–H groups in total. The molecule has 0 spiro atoms. The highest BCUT2D eigenvalue weighted by molar-refractivity contribution is 14.1. The summed E-state index contributed by atoms with van der Waals surface area (Å²) in [4.78, 5) is 0. The van der Waals surface area contributed by atoms with Crippen LogP contribution in [0.15, 0.2) is 0 Å². The molecule has 4 rings (SSSR count). The zero-order valence-corrected chi connectivity index (χ0v) is 25.6. The van der Waals surface area contributed by atoms with Gasteiger partial charge in [-0.3, -0.25) is 0 Å². The van der Waals surface area contributed by atoms with Crippen molar-refractivity contribution in [3.63, 3.8) is 0 Å². The van der Waals surface area contributed by atoms with E-state index in [-0.39, 0.29) is 0 Å². The van der Waals surface area contributed by atoms with Gasteiger partial charge in [-0.1, -0.05) is 43.4 Å². The monoisotopic (exact) mass is 617 g/mol. The number of halogens is 1. The van der Waals surface area contributed by atoms with Crippen molar-refractivity contribution >= 4 is 22.6 Å². The van der Waals surface area contributed by atoms with Crippen LogP contribution in [0.3, 0.4) is 0 Å². The van der Waals surface area contributed by atoms with Crippen LogP contribution in [-0.2, 0) is 9.47 Å². The van der Waals surface area contributed by atoms with Gasteiger partial charge in [-0.05, 0) is 137 Å². The van der Waals surface area contributed by atoms with Crippen molar-refractivity contribution in [2.24, 2.45) is 63.5 Å². The molecule has 0 radical (unpaired) electrons. The van der Waals surface area contributed by atoms with E-state index in [1.54, 1.807) is 0 Å². The maximum absolute atomic E-state index is 6.81. The number of nitrogens with two attached hydrogens (primary N) is 3. The summed E-state index contributed by atoms with van der Waals surface area (Å²) in [5.74, 6) is 4.53. The highest BCUT2D eigenvalue weighted by Crippen LogP contribution is 2.70. The lowest BCUT2D eigenvalue weighted by molar-refractivity contribution is -0.188.